The quantitative estimate of drug-likeness (QED) is 0.595. The number of hydrogen-bond donors (Lipinski definition) is 1. The van der Waals surface area contributed by atoms with E-state index in [0.29, 0.717) is 17.5 Å². The molecule has 15 heavy (non-hydrogen) atoms. The van der Waals surface area contributed by atoms with Crippen LogP contribution in [0.25, 0.3) is 0 Å². The van der Waals surface area contributed by atoms with E-state index in [1.807, 2.05) is 7.05 Å². The van der Waals surface area contributed by atoms with Crippen molar-refractivity contribution in [1.82, 2.24) is 5.32 Å². The number of carbonyl (C=O) groups is 1. The fourth-order valence-electron chi connectivity index (χ4n) is 1.50. The highest BCUT2D eigenvalue weighted by atomic mass is 19.1. The summed E-state index contributed by atoms with van der Waals surface area (Å²) >= 11 is 0. The van der Waals surface area contributed by atoms with Gasteiger partial charge in [-0.1, -0.05) is 0 Å². The number of halogens is 1. The van der Waals surface area contributed by atoms with Crippen molar-refractivity contribution >= 4 is 5.78 Å². The lowest BCUT2D eigenvalue weighted by Crippen LogP contribution is -2.10. The third-order valence-electron chi connectivity index (χ3n) is 2.32. The summed E-state index contributed by atoms with van der Waals surface area (Å²) in [6, 6.07) is 4.29. The van der Waals surface area contributed by atoms with Crippen LogP contribution >= 0.6 is 0 Å². The Bertz CT molecular complexity index is 349. The Balaban J connectivity index is 2.65. The van der Waals surface area contributed by atoms with Crippen molar-refractivity contribution in [2.45, 2.75) is 19.8 Å². The first-order valence-electron chi connectivity index (χ1n) is 5.09. The summed E-state index contributed by atoms with van der Waals surface area (Å²) < 4.78 is 12.8. The average molecular weight is 209 g/mol. The summed E-state index contributed by atoms with van der Waals surface area (Å²) in [5.41, 5.74) is 1.34. The molecule has 0 aromatic heterocycles. The number of hydrogen-bond acceptors (Lipinski definition) is 2. The molecule has 0 atom stereocenters. The summed E-state index contributed by atoms with van der Waals surface area (Å²) in [6.07, 6.45) is 1.32. The lowest BCUT2D eigenvalue weighted by Gasteiger charge is -2.04. The standard InChI is InChI=1S/C12H16FNO/c1-9-8-10(13)5-6-11(9)12(15)4-3-7-14-2/h5-6,8,14H,3-4,7H2,1-2H3. The van der Waals surface area contributed by atoms with Crippen molar-refractivity contribution in [3.05, 3.63) is 35.1 Å². The molecule has 1 aromatic carbocycles. The maximum absolute atomic E-state index is 12.8. The van der Waals surface area contributed by atoms with Gasteiger partial charge in [-0.3, -0.25) is 4.79 Å². The Labute approximate surface area is 89.5 Å². The summed E-state index contributed by atoms with van der Waals surface area (Å²) in [7, 11) is 1.85. The smallest absolute Gasteiger partial charge is 0.163 e. The minimum atomic E-state index is -0.292. The van der Waals surface area contributed by atoms with E-state index < -0.39 is 0 Å². The van der Waals surface area contributed by atoms with Gasteiger partial charge in [0.1, 0.15) is 5.82 Å². The molecule has 0 aliphatic carbocycles. The first-order valence-corrected chi connectivity index (χ1v) is 5.09. The Kier molecular flexibility index (Phi) is 4.43. The lowest BCUT2D eigenvalue weighted by atomic mass is 10.0. The maximum atomic E-state index is 12.8. The predicted octanol–water partition coefficient (Wildman–Crippen LogP) is 2.32. The van der Waals surface area contributed by atoms with Crippen molar-refractivity contribution in [2.24, 2.45) is 0 Å². The molecule has 82 valence electrons. The molecule has 0 saturated carbocycles. The van der Waals surface area contributed by atoms with Crippen molar-refractivity contribution in [3.8, 4) is 0 Å². The first-order chi connectivity index (χ1) is 7.15. The van der Waals surface area contributed by atoms with Gasteiger partial charge in [-0.2, -0.15) is 0 Å². The zero-order valence-corrected chi connectivity index (χ0v) is 9.14. The molecule has 0 unspecified atom stereocenters. The third kappa shape index (κ3) is 3.44. The van der Waals surface area contributed by atoms with Crippen LogP contribution in [-0.2, 0) is 0 Å². The summed E-state index contributed by atoms with van der Waals surface area (Å²) in [6.45, 7) is 2.58. The number of nitrogens with one attached hydrogen (secondary N) is 1. The molecular weight excluding hydrogens is 193 g/mol. The van der Waals surface area contributed by atoms with Gasteiger partial charge in [-0.25, -0.2) is 4.39 Å². The lowest BCUT2D eigenvalue weighted by molar-refractivity contribution is 0.0979. The van der Waals surface area contributed by atoms with E-state index in [-0.39, 0.29) is 11.6 Å². The molecule has 3 heteroatoms. The van der Waals surface area contributed by atoms with Crippen LogP contribution in [0.5, 0.6) is 0 Å². The maximum Gasteiger partial charge on any atom is 0.163 e. The highest BCUT2D eigenvalue weighted by molar-refractivity contribution is 5.97. The van der Waals surface area contributed by atoms with Gasteiger partial charge >= 0.3 is 0 Å². The van der Waals surface area contributed by atoms with Gasteiger partial charge in [0.15, 0.2) is 5.78 Å². The summed E-state index contributed by atoms with van der Waals surface area (Å²) in [5.74, 6) is -0.206. The second-order valence-corrected chi connectivity index (χ2v) is 3.59. The minimum absolute atomic E-state index is 0.0859. The van der Waals surface area contributed by atoms with Crippen LogP contribution in [0.2, 0.25) is 0 Å². The van der Waals surface area contributed by atoms with E-state index in [1.165, 1.54) is 12.1 Å². The molecule has 0 amide bonds. The van der Waals surface area contributed by atoms with Crippen molar-refractivity contribution in [2.75, 3.05) is 13.6 Å². The molecule has 1 rings (SSSR count). The molecular formula is C12H16FNO. The molecule has 0 aliphatic heterocycles. The number of rotatable bonds is 5. The Morgan fingerprint density at radius 3 is 2.80 bits per heavy atom. The highest BCUT2D eigenvalue weighted by Crippen LogP contribution is 2.12. The number of benzene rings is 1. The second-order valence-electron chi connectivity index (χ2n) is 3.59. The van der Waals surface area contributed by atoms with Gasteiger partial charge in [0, 0.05) is 12.0 Å². The van der Waals surface area contributed by atoms with Crippen molar-refractivity contribution in [3.63, 3.8) is 0 Å². The van der Waals surface area contributed by atoms with Crippen molar-refractivity contribution in [1.29, 1.82) is 0 Å². The van der Waals surface area contributed by atoms with Crippen LogP contribution in [0.3, 0.4) is 0 Å². The topological polar surface area (TPSA) is 29.1 Å². The van der Waals surface area contributed by atoms with E-state index >= 15 is 0 Å². The zero-order chi connectivity index (χ0) is 11.3. The van der Waals surface area contributed by atoms with E-state index in [9.17, 15) is 9.18 Å². The first kappa shape index (κ1) is 11.9. The Morgan fingerprint density at radius 2 is 2.20 bits per heavy atom. The molecule has 0 saturated heterocycles. The van der Waals surface area contributed by atoms with Gasteiger partial charge < -0.3 is 5.32 Å². The summed E-state index contributed by atoms with van der Waals surface area (Å²) in [5, 5.41) is 2.99. The molecule has 2 nitrogen and oxygen atoms in total. The third-order valence-corrected chi connectivity index (χ3v) is 2.32. The fourth-order valence-corrected chi connectivity index (χ4v) is 1.50. The zero-order valence-electron chi connectivity index (χ0n) is 9.14. The molecule has 1 aromatic rings. The van der Waals surface area contributed by atoms with Gasteiger partial charge in [0.05, 0.1) is 0 Å². The van der Waals surface area contributed by atoms with Crippen LogP contribution in [0.4, 0.5) is 4.39 Å². The van der Waals surface area contributed by atoms with Crippen molar-refractivity contribution < 1.29 is 9.18 Å². The van der Waals surface area contributed by atoms with Crippen LogP contribution < -0.4 is 5.32 Å². The minimum Gasteiger partial charge on any atom is -0.320 e. The number of aryl methyl sites for hydroxylation is 1. The van der Waals surface area contributed by atoms with Gasteiger partial charge in [0.2, 0.25) is 0 Å². The van der Waals surface area contributed by atoms with E-state index in [4.69, 9.17) is 0 Å². The van der Waals surface area contributed by atoms with Gasteiger partial charge in [0.25, 0.3) is 0 Å². The monoisotopic (exact) mass is 209 g/mol. The molecule has 0 radical (unpaired) electrons. The SMILES string of the molecule is CNCCCC(=O)c1ccc(F)cc1C. The van der Waals surface area contributed by atoms with Crippen LogP contribution in [0.15, 0.2) is 18.2 Å². The second kappa shape index (κ2) is 5.61. The Hall–Kier alpha value is -1.22. The molecule has 1 N–H and O–H groups in total. The van der Waals surface area contributed by atoms with Crippen LogP contribution in [0.1, 0.15) is 28.8 Å². The van der Waals surface area contributed by atoms with E-state index in [1.54, 1.807) is 13.0 Å². The highest BCUT2D eigenvalue weighted by Gasteiger charge is 2.08. The molecule has 0 aliphatic rings. The Morgan fingerprint density at radius 1 is 1.47 bits per heavy atom. The van der Waals surface area contributed by atoms with E-state index in [0.717, 1.165) is 13.0 Å². The molecule has 0 heterocycles. The van der Waals surface area contributed by atoms with Crippen LogP contribution in [0, 0.1) is 12.7 Å². The summed E-state index contributed by atoms with van der Waals surface area (Å²) in [4.78, 5) is 11.7. The molecule has 0 bridgehead atoms. The van der Waals surface area contributed by atoms with Gasteiger partial charge in [-0.15, -0.1) is 0 Å². The normalized spacial score (nSPS) is 10.3. The van der Waals surface area contributed by atoms with Crippen LogP contribution in [-0.4, -0.2) is 19.4 Å². The number of Topliss-reactive ketones (excluding diaryl/α,β-unsaturated/α-hetero) is 1. The molecule has 0 fully saturated rings. The number of ketones is 1. The predicted molar refractivity (Wildman–Crippen MR) is 58.6 cm³/mol. The van der Waals surface area contributed by atoms with E-state index in [2.05, 4.69) is 5.32 Å². The van der Waals surface area contributed by atoms with Gasteiger partial charge in [-0.05, 0) is 50.7 Å². The fraction of sp³-hybridized carbons (Fsp3) is 0.417. The molecule has 0 spiro atoms. The average Bonchev–Trinajstić information content (AvgIpc) is 2.17. The largest absolute Gasteiger partial charge is 0.320 e. The number of carbonyl (C=O) groups excluding carboxylic acids is 1.